The first-order valence-corrected chi connectivity index (χ1v) is 6.40. The first kappa shape index (κ1) is 12.4. The summed E-state index contributed by atoms with van der Waals surface area (Å²) >= 11 is 0. The molecule has 1 atom stereocenters. The number of carboxylic acids is 1. The molecule has 1 aliphatic carbocycles. The Morgan fingerprint density at radius 2 is 2.00 bits per heavy atom. The molecule has 1 heterocycles. The number of nitrogens with one attached hydrogen (secondary N) is 2. The number of amides is 1. The molecule has 0 aromatic rings. The molecule has 1 unspecified atom stereocenters. The zero-order valence-corrected chi connectivity index (χ0v) is 10.00. The summed E-state index contributed by atoms with van der Waals surface area (Å²) in [7, 11) is 0. The quantitative estimate of drug-likeness (QED) is 0.674. The number of hydrogen-bond acceptors (Lipinski definition) is 3. The van der Waals surface area contributed by atoms with E-state index in [9.17, 15) is 14.7 Å². The normalized spacial score (nSPS) is 26.9. The third kappa shape index (κ3) is 2.77. The van der Waals surface area contributed by atoms with Gasteiger partial charge in [-0.25, -0.2) is 4.79 Å². The van der Waals surface area contributed by atoms with E-state index in [1.807, 2.05) is 0 Å². The van der Waals surface area contributed by atoms with Crippen LogP contribution in [0.2, 0.25) is 0 Å². The summed E-state index contributed by atoms with van der Waals surface area (Å²) in [5.74, 6) is -1.02. The lowest BCUT2D eigenvalue weighted by molar-refractivity contribution is -0.147. The predicted octanol–water partition coefficient (Wildman–Crippen LogP) is 0.642. The molecule has 1 amide bonds. The Kier molecular flexibility index (Phi) is 3.66. The van der Waals surface area contributed by atoms with E-state index in [0.29, 0.717) is 19.3 Å². The van der Waals surface area contributed by atoms with Crippen LogP contribution in [0.15, 0.2) is 0 Å². The smallest absolute Gasteiger partial charge is 0.329 e. The Balaban J connectivity index is 1.89. The van der Waals surface area contributed by atoms with Crippen LogP contribution in [0.3, 0.4) is 0 Å². The monoisotopic (exact) mass is 240 g/mol. The fourth-order valence-corrected chi connectivity index (χ4v) is 2.84. The Hall–Kier alpha value is -1.10. The minimum atomic E-state index is -0.990. The van der Waals surface area contributed by atoms with Gasteiger partial charge in [0.05, 0.1) is 0 Å². The van der Waals surface area contributed by atoms with Crippen LogP contribution < -0.4 is 10.6 Å². The zero-order valence-electron chi connectivity index (χ0n) is 10.00. The van der Waals surface area contributed by atoms with E-state index in [0.717, 1.165) is 32.2 Å². The second kappa shape index (κ2) is 5.04. The van der Waals surface area contributed by atoms with Crippen molar-refractivity contribution in [1.82, 2.24) is 10.6 Å². The van der Waals surface area contributed by atoms with E-state index in [4.69, 9.17) is 0 Å². The zero-order chi connectivity index (χ0) is 12.3. The van der Waals surface area contributed by atoms with Gasteiger partial charge in [-0.05, 0) is 32.2 Å². The van der Waals surface area contributed by atoms with Gasteiger partial charge in [0.1, 0.15) is 5.54 Å². The van der Waals surface area contributed by atoms with Crippen LogP contribution in [0.4, 0.5) is 0 Å². The van der Waals surface area contributed by atoms with Gasteiger partial charge in [0.25, 0.3) is 0 Å². The maximum atomic E-state index is 11.9. The molecule has 2 rings (SSSR count). The summed E-state index contributed by atoms with van der Waals surface area (Å²) in [5, 5.41) is 15.2. The molecule has 1 aliphatic heterocycles. The predicted molar refractivity (Wildman–Crippen MR) is 62.6 cm³/mol. The first-order chi connectivity index (χ1) is 8.12. The van der Waals surface area contributed by atoms with Crippen molar-refractivity contribution in [3.8, 4) is 0 Å². The van der Waals surface area contributed by atoms with Crippen LogP contribution in [0.5, 0.6) is 0 Å². The van der Waals surface area contributed by atoms with E-state index >= 15 is 0 Å². The van der Waals surface area contributed by atoms with Crippen LogP contribution in [0.25, 0.3) is 0 Å². The van der Waals surface area contributed by atoms with Crippen molar-refractivity contribution in [2.24, 2.45) is 0 Å². The van der Waals surface area contributed by atoms with Gasteiger partial charge in [-0.3, -0.25) is 4.79 Å². The Labute approximate surface area is 101 Å². The lowest BCUT2D eigenvalue weighted by atomic mass is 9.97. The summed E-state index contributed by atoms with van der Waals surface area (Å²) in [6.45, 7) is 0.960. The average Bonchev–Trinajstić information content (AvgIpc) is 2.89. The van der Waals surface area contributed by atoms with Gasteiger partial charge in [0, 0.05) is 12.5 Å². The van der Waals surface area contributed by atoms with Crippen molar-refractivity contribution >= 4 is 11.9 Å². The van der Waals surface area contributed by atoms with Gasteiger partial charge in [-0.15, -0.1) is 0 Å². The van der Waals surface area contributed by atoms with Crippen LogP contribution >= 0.6 is 0 Å². The molecule has 1 saturated heterocycles. The molecular weight excluding hydrogens is 220 g/mol. The molecule has 5 nitrogen and oxygen atoms in total. The largest absolute Gasteiger partial charge is 0.480 e. The minimum absolute atomic E-state index is 0.131. The molecule has 96 valence electrons. The molecule has 17 heavy (non-hydrogen) atoms. The van der Waals surface area contributed by atoms with Crippen LogP contribution in [0, 0.1) is 0 Å². The molecule has 5 heteroatoms. The lowest BCUT2D eigenvalue weighted by Crippen LogP contribution is -2.53. The van der Waals surface area contributed by atoms with Gasteiger partial charge in [-0.1, -0.05) is 12.8 Å². The molecule has 3 N–H and O–H groups in total. The van der Waals surface area contributed by atoms with Crippen molar-refractivity contribution in [2.75, 3.05) is 6.54 Å². The summed E-state index contributed by atoms with van der Waals surface area (Å²) in [6, 6.07) is 0.224. The average molecular weight is 240 g/mol. The molecule has 0 aromatic heterocycles. The molecule has 1 saturated carbocycles. The number of aliphatic carboxylic acids is 1. The van der Waals surface area contributed by atoms with E-state index < -0.39 is 11.5 Å². The van der Waals surface area contributed by atoms with Crippen molar-refractivity contribution in [2.45, 2.75) is 56.5 Å². The summed E-state index contributed by atoms with van der Waals surface area (Å²) in [5.41, 5.74) is -0.990. The SMILES string of the molecule is O=C(CC1CCCN1)NC1(C(=O)O)CCCC1. The molecule has 0 spiro atoms. The maximum absolute atomic E-state index is 11.9. The van der Waals surface area contributed by atoms with E-state index in [1.165, 1.54) is 0 Å². The van der Waals surface area contributed by atoms with Crippen molar-refractivity contribution in [1.29, 1.82) is 0 Å². The second-order valence-corrected chi connectivity index (χ2v) is 5.14. The molecule has 0 radical (unpaired) electrons. The molecule has 0 bridgehead atoms. The third-order valence-corrected chi connectivity index (χ3v) is 3.84. The van der Waals surface area contributed by atoms with Gasteiger partial charge in [0.15, 0.2) is 0 Å². The van der Waals surface area contributed by atoms with Crippen LogP contribution in [-0.2, 0) is 9.59 Å². The van der Waals surface area contributed by atoms with E-state index in [-0.39, 0.29) is 11.9 Å². The van der Waals surface area contributed by atoms with Crippen LogP contribution in [0.1, 0.15) is 44.9 Å². The second-order valence-electron chi connectivity index (χ2n) is 5.14. The summed E-state index contributed by atoms with van der Waals surface area (Å²) < 4.78 is 0. The van der Waals surface area contributed by atoms with Gasteiger partial charge in [-0.2, -0.15) is 0 Å². The molecule has 0 aromatic carbocycles. The molecule has 2 aliphatic rings. The first-order valence-electron chi connectivity index (χ1n) is 6.40. The molecular formula is C12H20N2O3. The Morgan fingerprint density at radius 1 is 1.29 bits per heavy atom. The van der Waals surface area contributed by atoms with Crippen molar-refractivity contribution in [3.63, 3.8) is 0 Å². The Morgan fingerprint density at radius 3 is 2.53 bits per heavy atom. The van der Waals surface area contributed by atoms with Gasteiger partial charge >= 0.3 is 5.97 Å². The number of carboxylic acid groups (broad SMARTS) is 1. The fraction of sp³-hybridized carbons (Fsp3) is 0.833. The highest BCUT2D eigenvalue weighted by atomic mass is 16.4. The van der Waals surface area contributed by atoms with Crippen molar-refractivity contribution in [3.05, 3.63) is 0 Å². The number of hydrogen-bond donors (Lipinski definition) is 3. The summed E-state index contributed by atoms with van der Waals surface area (Å²) in [4.78, 5) is 23.1. The number of rotatable bonds is 4. The number of carbonyl (C=O) groups excluding carboxylic acids is 1. The van der Waals surface area contributed by atoms with Gasteiger partial charge < -0.3 is 15.7 Å². The highest BCUT2D eigenvalue weighted by Gasteiger charge is 2.42. The minimum Gasteiger partial charge on any atom is -0.480 e. The topological polar surface area (TPSA) is 78.4 Å². The standard InChI is InChI=1S/C12H20N2O3/c15-10(8-9-4-3-7-13-9)14-12(11(16)17)5-1-2-6-12/h9,13H,1-8H2,(H,14,15)(H,16,17). The van der Waals surface area contributed by atoms with E-state index in [1.54, 1.807) is 0 Å². The lowest BCUT2D eigenvalue weighted by Gasteiger charge is -2.26. The van der Waals surface area contributed by atoms with Crippen molar-refractivity contribution < 1.29 is 14.7 Å². The third-order valence-electron chi connectivity index (χ3n) is 3.84. The maximum Gasteiger partial charge on any atom is 0.329 e. The van der Waals surface area contributed by atoms with Gasteiger partial charge in [0.2, 0.25) is 5.91 Å². The van der Waals surface area contributed by atoms with E-state index in [2.05, 4.69) is 10.6 Å². The highest BCUT2D eigenvalue weighted by Crippen LogP contribution is 2.30. The molecule has 2 fully saturated rings. The Bertz CT molecular complexity index is 305. The van der Waals surface area contributed by atoms with Crippen LogP contribution in [-0.4, -0.2) is 35.1 Å². The fourth-order valence-electron chi connectivity index (χ4n) is 2.84. The highest BCUT2D eigenvalue weighted by molar-refractivity contribution is 5.87. The number of carbonyl (C=O) groups is 2. The summed E-state index contributed by atoms with van der Waals surface area (Å²) in [6.07, 6.45) is 5.39.